The molecule has 2 aliphatic heterocycles. The van der Waals surface area contributed by atoms with Crippen molar-refractivity contribution in [2.24, 2.45) is 5.41 Å². The first-order valence-electron chi connectivity index (χ1n) is 6.05. The summed E-state index contributed by atoms with van der Waals surface area (Å²) in [6.07, 6.45) is 0. The summed E-state index contributed by atoms with van der Waals surface area (Å²) in [5.41, 5.74) is 1.58. The Morgan fingerprint density at radius 1 is 1.12 bits per heavy atom. The highest BCUT2D eigenvalue weighted by atomic mass is 17.3. The summed E-state index contributed by atoms with van der Waals surface area (Å²) in [6, 6.07) is 8.36. The van der Waals surface area contributed by atoms with Gasteiger partial charge < -0.3 is 4.90 Å². The van der Waals surface area contributed by atoms with Gasteiger partial charge in [-0.2, -0.15) is 0 Å². The Labute approximate surface area is 102 Å². The Bertz CT molecular complexity index is 479. The first-order chi connectivity index (χ1) is 7.84. The number of nitrogens with zero attached hydrogens (tertiary/aromatic N) is 1. The molecule has 1 fully saturated rings. The van der Waals surface area contributed by atoms with Crippen molar-refractivity contribution in [3.8, 4) is 0 Å². The summed E-state index contributed by atoms with van der Waals surface area (Å²) >= 11 is 0. The van der Waals surface area contributed by atoms with Crippen molar-refractivity contribution in [2.75, 3.05) is 11.9 Å². The summed E-state index contributed by atoms with van der Waals surface area (Å²) in [6.45, 7) is 8.69. The second kappa shape index (κ2) is 2.85. The molecule has 92 valence electrons. The molecule has 0 bridgehead atoms. The zero-order valence-corrected chi connectivity index (χ0v) is 11.1. The number of anilines is 1. The minimum Gasteiger partial charge on any atom is -0.341 e. The second-order valence-corrected chi connectivity index (χ2v) is 6.17. The number of fused-ring (bicyclic) bond motifs is 3. The molecule has 1 aromatic carbocycles. The molecular formula is C14H19NO2. The van der Waals surface area contributed by atoms with Gasteiger partial charge >= 0.3 is 0 Å². The van der Waals surface area contributed by atoms with E-state index in [-0.39, 0.29) is 11.0 Å². The molecule has 0 amide bonds. The quantitative estimate of drug-likeness (QED) is 0.643. The highest BCUT2D eigenvalue weighted by molar-refractivity contribution is 5.65. The van der Waals surface area contributed by atoms with Crippen molar-refractivity contribution in [3.05, 3.63) is 29.8 Å². The van der Waals surface area contributed by atoms with E-state index in [0.29, 0.717) is 0 Å². The van der Waals surface area contributed by atoms with E-state index in [4.69, 9.17) is 9.78 Å². The fraction of sp³-hybridized carbons (Fsp3) is 0.571. The Balaban J connectivity index is 2.25. The van der Waals surface area contributed by atoms with Crippen LogP contribution in [0.1, 0.15) is 33.3 Å². The van der Waals surface area contributed by atoms with Crippen LogP contribution in [0.2, 0.25) is 0 Å². The zero-order chi connectivity index (χ0) is 12.5. The molecule has 1 aromatic rings. The number of rotatable bonds is 0. The van der Waals surface area contributed by atoms with Gasteiger partial charge in [0.2, 0.25) is 5.72 Å². The van der Waals surface area contributed by atoms with Crippen LogP contribution in [0.4, 0.5) is 5.69 Å². The summed E-state index contributed by atoms with van der Waals surface area (Å²) < 4.78 is 0. The Kier molecular flexibility index (Phi) is 1.85. The lowest BCUT2D eigenvalue weighted by Crippen LogP contribution is -2.73. The van der Waals surface area contributed by atoms with Gasteiger partial charge in [0.1, 0.15) is 0 Å². The van der Waals surface area contributed by atoms with E-state index in [9.17, 15) is 0 Å². The van der Waals surface area contributed by atoms with E-state index in [2.05, 4.69) is 63.9 Å². The molecule has 3 rings (SSSR count). The van der Waals surface area contributed by atoms with Crippen molar-refractivity contribution in [2.45, 2.75) is 39.0 Å². The fourth-order valence-electron chi connectivity index (χ4n) is 3.53. The van der Waals surface area contributed by atoms with Crippen LogP contribution in [0.5, 0.6) is 0 Å². The van der Waals surface area contributed by atoms with Crippen molar-refractivity contribution in [3.63, 3.8) is 0 Å². The van der Waals surface area contributed by atoms with Crippen LogP contribution in [-0.2, 0) is 15.4 Å². The lowest BCUT2D eigenvalue weighted by atomic mass is 9.71. The third-order valence-electron chi connectivity index (χ3n) is 4.24. The average molecular weight is 233 g/mol. The predicted octanol–water partition coefficient (Wildman–Crippen LogP) is 3.06. The molecule has 2 aliphatic rings. The maximum absolute atomic E-state index is 5.63. The number of benzene rings is 1. The third-order valence-corrected chi connectivity index (χ3v) is 4.24. The van der Waals surface area contributed by atoms with E-state index in [1.54, 1.807) is 0 Å². The molecule has 2 atom stereocenters. The molecule has 0 radical (unpaired) electrons. The normalized spacial score (nSPS) is 35.2. The van der Waals surface area contributed by atoms with Gasteiger partial charge in [0.05, 0.1) is 0 Å². The van der Waals surface area contributed by atoms with Crippen LogP contribution in [-0.4, -0.2) is 12.8 Å². The average Bonchev–Trinajstić information content (AvgIpc) is 2.36. The van der Waals surface area contributed by atoms with Gasteiger partial charge in [0, 0.05) is 23.7 Å². The van der Waals surface area contributed by atoms with E-state index in [0.717, 1.165) is 0 Å². The van der Waals surface area contributed by atoms with Gasteiger partial charge in [0.25, 0.3) is 0 Å². The van der Waals surface area contributed by atoms with Crippen molar-refractivity contribution >= 4 is 5.69 Å². The first kappa shape index (κ1) is 11.1. The molecule has 17 heavy (non-hydrogen) atoms. The molecule has 2 heterocycles. The van der Waals surface area contributed by atoms with Crippen LogP contribution < -0.4 is 4.90 Å². The van der Waals surface area contributed by atoms with Crippen molar-refractivity contribution in [1.29, 1.82) is 0 Å². The largest absolute Gasteiger partial charge is 0.341 e. The van der Waals surface area contributed by atoms with Gasteiger partial charge in [0.15, 0.2) is 5.60 Å². The highest BCUT2D eigenvalue weighted by Crippen LogP contribution is 2.64. The number of likely N-dealkylation sites (N-methyl/N-ethyl adjacent to an activating group) is 1. The lowest BCUT2D eigenvalue weighted by Gasteiger charge is -2.59. The van der Waals surface area contributed by atoms with Crippen LogP contribution in [0.25, 0.3) is 0 Å². The van der Waals surface area contributed by atoms with Crippen LogP contribution in [0.3, 0.4) is 0 Å². The molecule has 0 N–H and O–H groups in total. The monoisotopic (exact) mass is 233 g/mol. The van der Waals surface area contributed by atoms with E-state index < -0.39 is 5.72 Å². The predicted molar refractivity (Wildman–Crippen MR) is 66.6 cm³/mol. The van der Waals surface area contributed by atoms with Gasteiger partial charge in [-0.25, -0.2) is 9.78 Å². The minimum atomic E-state index is -0.413. The second-order valence-electron chi connectivity index (χ2n) is 6.17. The van der Waals surface area contributed by atoms with Gasteiger partial charge in [-0.15, -0.1) is 0 Å². The molecular weight excluding hydrogens is 214 g/mol. The highest BCUT2D eigenvalue weighted by Gasteiger charge is 2.74. The molecule has 1 saturated heterocycles. The Hall–Kier alpha value is -1.06. The van der Waals surface area contributed by atoms with E-state index >= 15 is 0 Å². The summed E-state index contributed by atoms with van der Waals surface area (Å²) in [7, 11) is 2.08. The maximum atomic E-state index is 5.63. The molecule has 2 unspecified atom stereocenters. The van der Waals surface area contributed by atoms with Gasteiger partial charge in [-0.1, -0.05) is 39.0 Å². The van der Waals surface area contributed by atoms with Crippen LogP contribution >= 0.6 is 0 Å². The van der Waals surface area contributed by atoms with Crippen LogP contribution in [0.15, 0.2) is 24.3 Å². The SMILES string of the molecule is CN1c2ccccc2C2(C)OOC12C(C)(C)C. The van der Waals surface area contributed by atoms with Crippen molar-refractivity contribution < 1.29 is 9.78 Å². The summed E-state index contributed by atoms with van der Waals surface area (Å²) in [4.78, 5) is 13.4. The zero-order valence-electron chi connectivity index (χ0n) is 11.1. The van der Waals surface area contributed by atoms with Gasteiger partial charge in [-0.3, -0.25) is 0 Å². The molecule has 0 aliphatic carbocycles. The Morgan fingerprint density at radius 2 is 1.76 bits per heavy atom. The van der Waals surface area contributed by atoms with E-state index in [1.165, 1.54) is 11.3 Å². The number of hydrogen-bond acceptors (Lipinski definition) is 3. The number of hydrogen-bond donors (Lipinski definition) is 0. The number of para-hydroxylation sites is 1. The Morgan fingerprint density at radius 3 is 2.29 bits per heavy atom. The standard InChI is InChI=1S/C14H19NO2/c1-12(2,3)14-13(4,16-17-14)10-8-6-7-9-11(10)15(14)5/h6-9H,1-5H3. The van der Waals surface area contributed by atoms with Crippen molar-refractivity contribution in [1.82, 2.24) is 0 Å². The topological polar surface area (TPSA) is 21.7 Å². The first-order valence-corrected chi connectivity index (χ1v) is 6.05. The third kappa shape index (κ3) is 0.964. The minimum absolute atomic E-state index is 0.0340. The fourth-order valence-corrected chi connectivity index (χ4v) is 3.53. The summed E-state index contributed by atoms with van der Waals surface area (Å²) in [5, 5.41) is 0. The van der Waals surface area contributed by atoms with Crippen LogP contribution in [0, 0.1) is 5.41 Å². The molecule has 0 aromatic heterocycles. The smallest absolute Gasteiger partial charge is 0.216 e. The lowest BCUT2D eigenvalue weighted by molar-refractivity contribution is -0.570. The molecule has 3 nitrogen and oxygen atoms in total. The van der Waals surface area contributed by atoms with E-state index in [1.807, 2.05) is 0 Å². The summed E-state index contributed by atoms with van der Waals surface area (Å²) in [5.74, 6) is 0. The molecule has 3 heteroatoms. The molecule has 0 spiro atoms. The van der Waals surface area contributed by atoms with Gasteiger partial charge in [-0.05, 0) is 13.0 Å². The maximum Gasteiger partial charge on any atom is 0.216 e. The molecule has 0 saturated carbocycles.